The van der Waals surface area contributed by atoms with E-state index >= 15 is 0 Å². The first kappa shape index (κ1) is 14.4. The van der Waals surface area contributed by atoms with E-state index in [9.17, 15) is 8.42 Å². The summed E-state index contributed by atoms with van der Waals surface area (Å²) in [5, 5.41) is 0. The molecule has 1 aliphatic carbocycles. The number of hydrogen-bond donors (Lipinski definition) is 0. The molecule has 1 aromatic rings. The molecule has 2 aliphatic rings. The lowest BCUT2D eigenvalue weighted by molar-refractivity contribution is 0.445. The molecule has 1 saturated carbocycles. The van der Waals surface area contributed by atoms with E-state index in [4.69, 9.17) is 11.6 Å². The van der Waals surface area contributed by atoms with Crippen molar-refractivity contribution in [2.45, 2.75) is 30.9 Å². The van der Waals surface area contributed by atoms with E-state index in [1.54, 1.807) is 4.31 Å². The maximum absolute atomic E-state index is 12.5. The van der Waals surface area contributed by atoms with Crippen molar-refractivity contribution in [3.05, 3.63) is 35.4 Å². The molecule has 1 aromatic carbocycles. The monoisotopic (exact) mass is 313 g/mol. The van der Waals surface area contributed by atoms with Crippen LogP contribution in [0.1, 0.15) is 30.4 Å². The van der Waals surface area contributed by atoms with Crippen molar-refractivity contribution in [1.82, 2.24) is 4.31 Å². The molecule has 20 heavy (non-hydrogen) atoms. The summed E-state index contributed by atoms with van der Waals surface area (Å²) in [5.41, 5.74) is 1.86. The fourth-order valence-corrected chi connectivity index (χ4v) is 5.26. The molecule has 0 bridgehead atoms. The normalized spacial score (nSPS) is 26.9. The molecule has 0 amide bonds. The summed E-state index contributed by atoms with van der Waals surface area (Å²) >= 11 is 5.74. The molecule has 0 radical (unpaired) electrons. The van der Waals surface area contributed by atoms with Crippen molar-refractivity contribution in [1.29, 1.82) is 0 Å². The van der Waals surface area contributed by atoms with Gasteiger partial charge in [0.1, 0.15) is 0 Å². The SMILES string of the molecule is O=S(=O)(Cc1ccc(CCl)cc1)N1CC2CCCC2C1. The smallest absolute Gasteiger partial charge is 0.212 e. The lowest BCUT2D eigenvalue weighted by Crippen LogP contribution is -2.30. The second-order valence-corrected chi connectivity index (χ2v) is 8.21. The Hall–Kier alpha value is -0.580. The summed E-state index contributed by atoms with van der Waals surface area (Å²) in [5.74, 6) is 1.77. The Labute approximate surface area is 126 Å². The molecule has 0 spiro atoms. The van der Waals surface area contributed by atoms with Gasteiger partial charge in [0.15, 0.2) is 0 Å². The Morgan fingerprint density at radius 3 is 2.15 bits per heavy atom. The molecule has 0 N–H and O–H groups in total. The van der Waals surface area contributed by atoms with Crippen LogP contribution in [0.25, 0.3) is 0 Å². The third-order valence-electron chi connectivity index (χ3n) is 4.61. The zero-order valence-electron chi connectivity index (χ0n) is 11.5. The van der Waals surface area contributed by atoms with Gasteiger partial charge < -0.3 is 0 Å². The third-order valence-corrected chi connectivity index (χ3v) is 6.70. The Morgan fingerprint density at radius 2 is 1.60 bits per heavy atom. The van der Waals surface area contributed by atoms with Gasteiger partial charge in [-0.05, 0) is 35.8 Å². The van der Waals surface area contributed by atoms with Gasteiger partial charge in [0.25, 0.3) is 0 Å². The standard InChI is InChI=1S/C15H20ClNO2S/c16-8-12-4-6-13(7-5-12)11-20(18,19)17-9-14-2-1-3-15(14)10-17/h4-7,14-15H,1-3,8-11H2. The summed E-state index contributed by atoms with van der Waals surface area (Å²) in [6.07, 6.45) is 3.66. The molecular weight excluding hydrogens is 294 g/mol. The van der Waals surface area contributed by atoms with Crippen LogP contribution in [0, 0.1) is 11.8 Å². The van der Waals surface area contributed by atoms with E-state index in [1.165, 1.54) is 19.3 Å². The highest BCUT2D eigenvalue weighted by molar-refractivity contribution is 7.88. The molecule has 3 nitrogen and oxygen atoms in total. The predicted octanol–water partition coefficient (Wildman–Crippen LogP) is 2.99. The summed E-state index contributed by atoms with van der Waals surface area (Å²) in [4.78, 5) is 0. The minimum atomic E-state index is -3.17. The van der Waals surface area contributed by atoms with Gasteiger partial charge in [-0.3, -0.25) is 0 Å². The summed E-state index contributed by atoms with van der Waals surface area (Å²) < 4.78 is 26.7. The third kappa shape index (κ3) is 2.87. The van der Waals surface area contributed by atoms with E-state index in [0.29, 0.717) is 17.7 Å². The average Bonchev–Trinajstić information content (AvgIpc) is 3.00. The van der Waals surface area contributed by atoms with E-state index in [0.717, 1.165) is 24.2 Å². The fourth-order valence-electron chi connectivity index (χ4n) is 3.45. The Kier molecular flexibility index (Phi) is 4.07. The first-order valence-corrected chi connectivity index (χ1v) is 9.34. The topological polar surface area (TPSA) is 37.4 Å². The molecule has 110 valence electrons. The van der Waals surface area contributed by atoms with Gasteiger partial charge >= 0.3 is 0 Å². The fraction of sp³-hybridized carbons (Fsp3) is 0.600. The number of hydrogen-bond acceptors (Lipinski definition) is 2. The van der Waals surface area contributed by atoms with Gasteiger partial charge in [0.05, 0.1) is 5.75 Å². The number of rotatable bonds is 4. The molecular formula is C15H20ClNO2S. The molecule has 2 fully saturated rings. The average molecular weight is 314 g/mol. The second-order valence-electron chi connectivity index (χ2n) is 5.97. The highest BCUT2D eigenvalue weighted by Crippen LogP contribution is 2.39. The zero-order chi connectivity index (χ0) is 14.2. The van der Waals surface area contributed by atoms with Gasteiger partial charge in [-0.15, -0.1) is 11.6 Å². The van der Waals surface area contributed by atoms with Crippen LogP contribution >= 0.6 is 11.6 Å². The quantitative estimate of drug-likeness (QED) is 0.801. The molecule has 0 aromatic heterocycles. The number of fused-ring (bicyclic) bond motifs is 1. The maximum Gasteiger partial charge on any atom is 0.218 e. The van der Waals surface area contributed by atoms with Crippen LogP contribution in [-0.2, 0) is 21.7 Å². The van der Waals surface area contributed by atoms with Crippen LogP contribution in [0.2, 0.25) is 0 Å². The molecule has 5 heteroatoms. The van der Waals surface area contributed by atoms with Crippen LogP contribution in [0.5, 0.6) is 0 Å². The number of alkyl halides is 1. The van der Waals surface area contributed by atoms with Gasteiger partial charge in [0.2, 0.25) is 10.0 Å². The maximum atomic E-state index is 12.5. The van der Waals surface area contributed by atoms with E-state index in [2.05, 4.69) is 0 Å². The van der Waals surface area contributed by atoms with Gasteiger partial charge in [0, 0.05) is 19.0 Å². The van der Waals surface area contributed by atoms with E-state index in [-0.39, 0.29) is 5.75 Å². The molecule has 2 unspecified atom stereocenters. The highest BCUT2D eigenvalue weighted by atomic mass is 35.5. The first-order chi connectivity index (χ1) is 9.58. The Balaban J connectivity index is 1.69. The Bertz CT molecular complexity index is 558. The molecule has 1 saturated heterocycles. The van der Waals surface area contributed by atoms with Gasteiger partial charge in [-0.2, -0.15) is 0 Å². The van der Waals surface area contributed by atoms with Crippen molar-refractivity contribution in [2.75, 3.05) is 13.1 Å². The van der Waals surface area contributed by atoms with Crippen LogP contribution in [0.15, 0.2) is 24.3 Å². The lowest BCUT2D eigenvalue weighted by atomic mass is 10.0. The van der Waals surface area contributed by atoms with E-state index in [1.807, 2.05) is 24.3 Å². The zero-order valence-corrected chi connectivity index (χ0v) is 13.0. The molecule has 1 aliphatic heterocycles. The number of halogens is 1. The second kappa shape index (κ2) is 5.66. The lowest BCUT2D eigenvalue weighted by Gasteiger charge is -2.17. The predicted molar refractivity (Wildman–Crippen MR) is 81.0 cm³/mol. The first-order valence-electron chi connectivity index (χ1n) is 7.20. The van der Waals surface area contributed by atoms with E-state index < -0.39 is 10.0 Å². The van der Waals surface area contributed by atoms with Crippen molar-refractivity contribution in [2.24, 2.45) is 11.8 Å². The summed E-state index contributed by atoms with van der Waals surface area (Å²) in [7, 11) is -3.17. The van der Waals surface area contributed by atoms with Crippen LogP contribution in [0.4, 0.5) is 0 Å². The minimum Gasteiger partial charge on any atom is -0.212 e. The Morgan fingerprint density at radius 1 is 1.05 bits per heavy atom. The van der Waals surface area contributed by atoms with Gasteiger partial charge in [-0.25, -0.2) is 12.7 Å². The number of sulfonamides is 1. The van der Waals surface area contributed by atoms with Crippen LogP contribution in [0.3, 0.4) is 0 Å². The summed E-state index contributed by atoms with van der Waals surface area (Å²) in [6, 6.07) is 7.53. The highest BCUT2D eigenvalue weighted by Gasteiger charge is 2.40. The van der Waals surface area contributed by atoms with Crippen molar-refractivity contribution < 1.29 is 8.42 Å². The number of benzene rings is 1. The van der Waals surface area contributed by atoms with Crippen LogP contribution < -0.4 is 0 Å². The van der Waals surface area contributed by atoms with Crippen LogP contribution in [-0.4, -0.2) is 25.8 Å². The van der Waals surface area contributed by atoms with Crippen molar-refractivity contribution in [3.8, 4) is 0 Å². The molecule has 2 atom stereocenters. The largest absolute Gasteiger partial charge is 0.218 e. The van der Waals surface area contributed by atoms with Crippen molar-refractivity contribution in [3.63, 3.8) is 0 Å². The minimum absolute atomic E-state index is 0.106. The van der Waals surface area contributed by atoms with Gasteiger partial charge in [-0.1, -0.05) is 30.7 Å². The molecule has 1 heterocycles. The summed E-state index contributed by atoms with van der Waals surface area (Å²) in [6.45, 7) is 1.46. The molecule has 3 rings (SSSR count). The number of nitrogens with zero attached hydrogens (tertiary/aromatic N) is 1. The van der Waals surface area contributed by atoms with Crippen molar-refractivity contribution >= 4 is 21.6 Å².